The normalized spacial score (nSPS) is 19.2. The third kappa shape index (κ3) is 2.00. The van der Waals surface area contributed by atoms with Crippen molar-refractivity contribution in [3.05, 3.63) is 23.5 Å². The van der Waals surface area contributed by atoms with Crippen molar-refractivity contribution in [1.82, 2.24) is 4.98 Å². The minimum absolute atomic E-state index is 0.531. The smallest absolute Gasteiger partial charge is 0.0928 e. The van der Waals surface area contributed by atoms with Crippen molar-refractivity contribution in [3.63, 3.8) is 0 Å². The summed E-state index contributed by atoms with van der Waals surface area (Å²) in [5.74, 6) is 1.42. The van der Waals surface area contributed by atoms with Gasteiger partial charge in [-0.05, 0) is 12.5 Å². The molecular formula is C8H9ClN2OS. The fraction of sp³-hybridized carbons (Fsp3) is 0.375. The van der Waals surface area contributed by atoms with Crippen molar-refractivity contribution in [3.8, 4) is 0 Å². The molecule has 1 aromatic rings. The van der Waals surface area contributed by atoms with Gasteiger partial charge in [-0.3, -0.25) is 4.98 Å². The second kappa shape index (κ2) is 3.27. The molecule has 0 spiro atoms. The maximum absolute atomic E-state index is 11.7. The number of hydrogen-bond donors (Lipinski definition) is 0. The van der Waals surface area contributed by atoms with E-state index in [0.717, 1.165) is 6.42 Å². The van der Waals surface area contributed by atoms with Crippen LogP contribution in [0, 0.1) is 0 Å². The van der Waals surface area contributed by atoms with Gasteiger partial charge < -0.3 is 0 Å². The molecule has 2 rings (SSSR count). The van der Waals surface area contributed by atoms with Crippen LogP contribution >= 0.6 is 11.6 Å². The first-order valence-electron chi connectivity index (χ1n) is 4.01. The van der Waals surface area contributed by atoms with Gasteiger partial charge in [-0.1, -0.05) is 11.6 Å². The van der Waals surface area contributed by atoms with Crippen molar-refractivity contribution >= 4 is 27.0 Å². The molecule has 0 radical (unpaired) electrons. The van der Waals surface area contributed by atoms with Crippen molar-refractivity contribution < 1.29 is 4.21 Å². The van der Waals surface area contributed by atoms with Crippen LogP contribution in [0.15, 0.2) is 22.8 Å². The van der Waals surface area contributed by atoms with Gasteiger partial charge in [-0.15, -0.1) is 0 Å². The molecule has 0 aliphatic carbocycles. The molecule has 2 heterocycles. The first kappa shape index (κ1) is 8.97. The summed E-state index contributed by atoms with van der Waals surface area (Å²) in [7, 11) is -1.93. The fourth-order valence-corrected chi connectivity index (χ4v) is 2.74. The van der Waals surface area contributed by atoms with E-state index in [4.69, 9.17) is 11.6 Å². The van der Waals surface area contributed by atoms with Gasteiger partial charge in [0.1, 0.15) is 0 Å². The lowest BCUT2D eigenvalue weighted by Gasteiger charge is -2.17. The molecule has 0 amide bonds. The highest BCUT2D eigenvalue weighted by atomic mass is 35.5. The van der Waals surface area contributed by atoms with Gasteiger partial charge in [0, 0.05) is 17.7 Å². The van der Waals surface area contributed by atoms with Crippen LogP contribution in [-0.4, -0.2) is 20.7 Å². The Bertz CT molecular complexity index is 428. The third-order valence-corrected chi connectivity index (χ3v) is 4.49. The molecule has 0 bridgehead atoms. The SMILES string of the molecule is O=S1(=Nc2cncc(Cl)c2)CCC1. The third-order valence-electron chi connectivity index (χ3n) is 1.89. The molecule has 5 heteroatoms. The Morgan fingerprint density at radius 3 is 2.77 bits per heavy atom. The maximum Gasteiger partial charge on any atom is 0.0928 e. The molecule has 1 aliphatic rings. The number of aromatic nitrogens is 1. The minimum atomic E-state index is -1.93. The number of nitrogens with zero attached hydrogens (tertiary/aromatic N) is 2. The average molecular weight is 217 g/mol. The summed E-state index contributed by atoms with van der Waals surface area (Å²) < 4.78 is 15.8. The molecule has 0 atom stereocenters. The Kier molecular flexibility index (Phi) is 2.26. The number of halogens is 1. The largest absolute Gasteiger partial charge is 0.261 e. The van der Waals surface area contributed by atoms with Gasteiger partial charge in [0.15, 0.2) is 0 Å². The average Bonchev–Trinajstić information content (AvgIpc) is 2.01. The summed E-state index contributed by atoms with van der Waals surface area (Å²) >= 11 is 5.72. The van der Waals surface area contributed by atoms with Crippen molar-refractivity contribution in [2.24, 2.45) is 4.36 Å². The zero-order valence-corrected chi connectivity index (χ0v) is 8.51. The fourth-order valence-electron chi connectivity index (χ4n) is 1.13. The van der Waals surface area contributed by atoms with Crippen molar-refractivity contribution in [1.29, 1.82) is 0 Å². The van der Waals surface area contributed by atoms with Crippen LogP contribution < -0.4 is 0 Å². The molecule has 1 aromatic heterocycles. The van der Waals surface area contributed by atoms with Gasteiger partial charge in [-0.25, -0.2) is 4.21 Å². The van der Waals surface area contributed by atoms with Gasteiger partial charge in [-0.2, -0.15) is 4.36 Å². The lowest BCUT2D eigenvalue weighted by atomic mass is 10.4. The predicted octanol–water partition coefficient (Wildman–Crippen LogP) is 2.24. The van der Waals surface area contributed by atoms with E-state index in [2.05, 4.69) is 9.35 Å². The van der Waals surface area contributed by atoms with Crippen LogP contribution in [0.25, 0.3) is 0 Å². The first-order valence-corrected chi connectivity index (χ1v) is 6.24. The van der Waals surface area contributed by atoms with E-state index >= 15 is 0 Å². The van der Waals surface area contributed by atoms with Crippen LogP contribution in [0.3, 0.4) is 0 Å². The molecule has 1 saturated heterocycles. The van der Waals surface area contributed by atoms with E-state index in [-0.39, 0.29) is 0 Å². The van der Waals surface area contributed by atoms with Gasteiger partial charge in [0.2, 0.25) is 0 Å². The summed E-state index contributed by atoms with van der Waals surface area (Å²) in [5, 5.41) is 0.531. The van der Waals surface area contributed by atoms with Gasteiger partial charge in [0.05, 0.1) is 26.6 Å². The Balaban J connectivity index is 2.37. The van der Waals surface area contributed by atoms with Crippen LogP contribution in [0.4, 0.5) is 5.69 Å². The van der Waals surface area contributed by atoms with E-state index in [9.17, 15) is 4.21 Å². The highest BCUT2D eigenvalue weighted by Gasteiger charge is 2.18. The zero-order chi connectivity index (χ0) is 9.31. The number of hydrogen-bond acceptors (Lipinski definition) is 3. The molecule has 70 valence electrons. The van der Waals surface area contributed by atoms with Crippen molar-refractivity contribution in [2.75, 3.05) is 11.5 Å². The van der Waals surface area contributed by atoms with E-state index in [1.54, 1.807) is 12.3 Å². The van der Waals surface area contributed by atoms with Crippen LogP contribution in [-0.2, 0) is 9.73 Å². The molecule has 13 heavy (non-hydrogen) atoms. The molecule has 0 unspecified atom stereocenters. The van der Waals surface area contributed by atoms with Crippen molar-refractivity contribution in [2.45, 2.75) is 6.42 Å². The quantitative estimate of drug-likeness (QED) is 0.723. The summed E-state index contributed by atoms with van der Waals surface area (Å²) in [6.07, 6.45) is 4.13. The van der Waals surface area contributed by atoms with E-state index in [0.29, 0.717) is 22.2 Å². The zero-order valence-electron chi connectivity index (χ0n) is 6.94. The monoisotopic (exact) mass is 216 g/mol. The Hall–Kier alpha value is -0.610. The topological polar surface area (TPSA) is 42.3 Å². The highest BCUT2D eigenvalue weighted by molar-refractivity contribution is 7.95. The molecular weight excluding hydrogens is 208 g/mol. The van der Waals surface area contributed by atoms with Crippen LogP contribution in [0.2, 0.25) is 5.02 Å². The molecule has 1 aliphatic heterocycles. The summed E-state index contributed by atoms with van der Waals surface area (Å²) in [5.41, 5.74) is 0.622. The molecule has 3 nitrogen and oxygen atoms in total. The summed E-state index contributed by atoms with van der Waals surface area (Å²) in [4.78, 5) is 3.88. The number of rotatable bonds is 1. The van der Waals surface area contributed by atoms with Gasteiger partial charge >= 0.3 is 0 Å². The molecule has 1 fully saturated rings. The second-order valence-corrected chi connectivity index (χ2v) is 5.97. The Labute approximate surface area is 82.3 Å². The maximum atomic E-state index is 11.7. The molecule has 0 saturated carbocycles. The van der Waals surface area contributed by atoms with Gasteiger partial charge in [0.25, 0.3) is 0 Å². The highest BCUT2D eigenvalue weighted by Crippen LogP contribution is 2.22. The Morgan fingerprint density at radius 2 is 2.23 bits per heavy atom. The van der Waals surface area contributed by atoms with E-state index in [1.807, 2.05) is 0 Å². The summed E-state index contributed by atoms with van der Waals surface area (Å²) in [6.45, 7) is 0. The molecule has 0 N–H and O–H groups in total. The lowest BCUT2D eigenvalue weighted by molar-refractivity contribution is 0.663. The van der Waals surface area contributed by atoms with Crippen LogP contribution in [0.1, 0.15) is 6.42 Å². The van der Waals surface area contributed by atoms with Crippen LogP contribution in [0.5, 0.6) is 0 Å². The standard InChI is InChI=1S/C8H9ClN2OS/c9-7-4-8(6-10-5-7)11-13(12)2-1-3-13/h4-6H,1-3H2. The second-order valence-electron chi connectivity index (χ2n) is 2.99. The Morgan fingerprint density at radius 1 is 1.46 bits per heavy atom. The lowest BCUT2D eigenvalue weighted by Crippen LogP contribution is -2.22. The van der Waals surface area contributed by atoms with E-state index in [1.165, 1.54) is 6.20 Å². The molecule has 0 aromatic carbocycles. The first-order chi connectivity index (χ1) is 6.18. The minimum Gasteiger partial charge on any atom is -0.261 e. The predicted molar refractivity (Wildman–Crippen MR) is 53.8 cm³/mol. The van der Waals surface area contributed by atoms with E-state index < -0.39 is 9.73 Å². The summed E-state index contributed by atoms with van der Waals surface area (Å²) in [6, 6.07) is 1.68. The number of pyridine rings is 1.